The number of nitrogens with one attached hydrogen (secondary N) is 1. The maximum atomic E-state index is 5.74. The van der Waals surface area contributed by atoms with Crippen LogP contribution in [0.2, 0.25) is 0 Å². The van der Waals surface area contributed by atoms with E-state index in [9.17, 15) is 0 Å². The van der Waals surface area contributed by atoms with Crippen molar-refractivity contribution in [1.29, 1.82) is 0 Å². The number of hydrazine groups is 1. The molecule has 0 amide bonds. The first-order valence-corrected chi connectivity index (χ1v) is 12.3. The lowest BCUT2D eigenvalue weighted by molar-refractivity contribution is 0.396. The van der Waals surface area contributed by atoms with E-state index in [4.69, 9.17) is 18.9 Å². The lowest BCUT2D eigenvalue weighted by Gasteiger charge is -2.29. The third-order valence-electron chi connectivity index (χ3n) is 6.51. The van der Waals surface area contributed by atoms with Gasteiger partial charge in [-0.05, 0) is 77.7 Å². The van der Waals surface area contributed by atoms with Gasteiger partial charge in [-0.3, -0.25) is 10.4 Å². The highest BCUT2D eigenvalue weighted by molar-refractivity contribution is 5.64. The minimum absolute atomic E-state index is 0.0777. The highest BCUT2D eigenvalue weighted by atomic mass is 16.5. The maximum absolute atomic E-state index is 5.74. The summed E-state index contributed by atoms with van der Waals surface area (Å²) in [6.07, 6.45) is 6.24. The number of hydrogen-bond acceptors (Lipinski definition) is 6. The first-order valence-electron chi connectivity index (χ1n) is 12.3. The van der Waals surface area contributed by atoms with Crippen molar-refractivity contribution < 1.29 is 18.9 Å². The van der Waals surface area contributed by atoms with Crippen LogP contribution in [0.4, 0.5) is 5.69 Å². The van der Waals surface area contributed by atoms with Crippen LogP contribution in [0.1, 0.15) is 43.5 Å². The predicted octanol–water partition coefficient (Wildman–Crippen LogP) is 6.68. The third kappa shape index (κ3) is 5.69. The van der Waals surface area contributed by atoms with Gasteiger partial charge in [-0.1, -0.05) is 32.9 Å². The number of allylic oxidation sites excluding steroid dienone is 1. The van der Waals surface area contributed by atoms with Crippen LogP contribution in [0.25, 0.3) is 6.08 Å². The lowest BCUT2D eigenvalue weighted by atomic mass is 9.87. The molecule has 1 aliphatic heterocycles. The van der Waals surface area contributed by atoms with Gasteiger partial charge in [0.1, 0.15) is 23.0 Å². The first kappa shape index (κ1) is 26.0. The molecule has 1 atom stereocenters. The van der Waals surface area contributed by atoms with Gasteiger partial charge in [0.15, 0.2) is 0 Å². The van der Waals surface area contributed by atoms with Crippen molar-refractivity contribution in [2.24, 2.45) is 0 Å². The van der Waals surface area contributed by atoms with Crippen molar-refractivity contribution >= 4 is 11.8 Å². The Bertz CT molecular complexity index is 1290. The Kier molecular flexibility index (Phi) is 7.67. The van der Waals surface area contributed by atoms with Crippen LogP contribution in [0.15, 0.2) is 78.5 Å². The SMILES string of the molecule is COc1ccc(OC)c(C=CC2=CC(c3cc(OC)ccc3OC)N(c3ccc(C(C)(C)C)cc3)N2)c1. The van der Waals surface area contributed by atoms with Gasteiger partial charge in [0.2, 0.25) is 0 Å². The summed E-state index contributed by atoms with van der Waals surface area (Å²) < 4.78 is 22.2. The number of methoxy groups -OCH3 is 4. The van der Waals surface area contributed by atoms with E-state index >= 15 is 0 Å². The van der Waals surface area contributed by atoms with Crippen molar-refractivity contribution in [1.82, 2.24) is 5.43 Å². The molecule has 3 aromatic rings. The van der Waals surface area contributed by atoms with E-state index in [0.29, 0.717) is 0 Å². The molecule has 194 valence electrons. The number of benzene rings is 3. The van der Waals surface area contributed by atoms with Gasteiger partial charge in [-0.2, -0.15) is 0 Å². The lowest BCUT2D eigenvalue weighted by Crippen LogP contribution is -2.34. The number of hydrogen-bond donors (Lipinski definition) is 1. The summed E-state index contributed by atoms with van der Waals surface area (Å²) >= 11 is 0. The molecule has 0 aromatic heterocycles. The summed E-state index contributed by atoms with van der Waals surface area (Å²) in [5.74, 6) is 3.11. The molecule has 1 aliphatic rings. The Balaban J connectivity index is 1.74. The second kappa shape index (κ2) is 10.9. The minimum Gasteiger partial charge on any atom is -0.497 e. The molecule has 1 heterocycles. The second-order valence-corrected chi connectivity index (χ2v) is 9.89. The predicted molar refractivity (Wildman–Crippen MR) is 150 cm³/mol. The zero-order valence-electron chi connectivity index (χ0n) is 22.7. The van der Waals surface area contributed by atoms with Crippen molar-refractivity contribution in [3.05, 3.63) is 95.2 Å². The van der Waals surface area contributed by atoms with Gasteiger partial charge in [0, 0.05) is 11.1 Å². The molecule has 4 rings (SSSR count). The van der Waals surface area contributed by atoms with E-state index in [2.05, 4.69) is 61.5 Å². The molecule has 6 heteroatoms. The Morgan fingerprint density at radius 3 is 1.95 bits per heavy atom. The van der Waals surface area contributed by atoms with E-state index in [0.717, 1.165) is 45.5 Å². The summed E-state index contributed by atoms with van der Waals surface area (Å²) in [7, 11) is 6.69. The van der Waals surface area contributed by atoms with Crippen molar-refractivity contribution in [3.63, 3.8) is 0 Å². The fourth-order valence-electron chi connectivity index (χ4n) is 4.38. The highest BCUT2D eigenvalue weighted by Crippen LogP contribution is 2.39. The summed E-state index contributed by atoms with van der Waals surface area (Å²) in [6.45, 7) is 6.66. The van der Waals surface area contributed by atoms with Crippen molar-refractivity contribution in [3.8, 4) is 23.0 Å². The summed E-state index contributed by atoms with van der Waals surface area (Å²) in [5, 5.41) is 2.15. The topological polar surface area (TPSA) is 52.2 Å². The average Bonchev–Trinajstić information content (AvgIpc) is 3.35. The van der Waals surface area contributed by atoms with Crippen LogP contribution in [-0.2, 0) is 5.41 Å². The zero-order chi connectivity index (χ0) is 26.6. The number of anilines is 1. The van der Waals surface area contributed by atoms with Crippen LogP contribution in [0, 0.1) is 0 Å². The monoisotopic (exact) mass is 500 g/mol. The van der Waals surface area contributed by atoms with Gasteiger partial charge in [-0.25, -0.2) is 0 Å². The molecule has 37 heavy (non-hydrogen) atoms. The Labute approximate surface area is 220 Å². The van der Waals surface area contributed by atoms with Crippen LogP contribution in [0.5, 0.6) is 23.0 Å². The van der Waals surface area contributed by atoms with E-state index in [1.807, 2.05) is 48.6 Å². The molecule has 1 N–H and O–H groups in total. The number of nitrogens with zero attached hydrogens (tertiary/aromatic N) is 1. The summed E-state index contributed by atoms with van der Waals surface area (Å²) in [4.78, 5) is 0. The molecule has 3 aromatic carbocycles. The number of ether oxygens (including phenoxy) is 4. The van der Waals surface area contributed by atoms with E-state index < -0.39 is 0 Å². The van der Waals surface area contributed by atoms with Gasteiger partial charge in [0.25, 0.3) is 0 Å². The van der Waals surface area contributed by atoms with Crippen LogP contribution in [-0.4, -0.2) is 28.4 Å². The summed E-state index contributed by atoms with van der Waals surface area (Å²) in [5.41, 5.74) is 8.85. The van der Waals surface area contributed by atoms with Crippen molar-refractivity contribution in [2.75, 3.05) is 33.4 Å². The quantitative estimate of drug-likeness (QED) is 0.372. The van der Waals surface area contributed by atoms with Gasteiger partial charge < -0.3 is 18.9 Å². The first-order chi connectivity index (χ1) is 17.8. The maximum Gasteiger partial charge on any atom is 0.126 e. The van der Waals surface area contributed by atoms with E-state index in [1.54, 1.807) is 28.4 Å². The molecule has 0 saturated carbocycles. The van der Waals surface area contributed by atoms with Crippen LogP contribution >= 0.6 is 0 Å². The smallest absolute Gasteiger partial charge is 0.126 e. The van der Waals surface area contributed by atoms with Gasteiger partial charge in [0.05, 0.1) is 45.9 Å². The molecular weight excluding hydrogens is 464 g/mol. The molecule has 0 bridgehead atoms. The Hall–Kier alpha value is -4.06. The summed E-state index contributed by atoms with van der Waals surface area (Å²) in [6, 6.07) is 20.2. The number of rotatable bonds is 8. The molecule has 0 spiro atoms. The molecular formula is C31H36N2O4. The van der Waals surface area contributed by atoms with Gasteiger partial charge in [-0.15, -0.1) is 0 Å². The standard InChI is InChI=1S/C31H36N2O4/c1-31(2,3)22-9-12-24(13-10-22)33-28(27-20-26(35-5)15-17-30(27)37-7)19-23(32-33)11-8-21-18-25(34-4)14-16-29(21)36-6/h8-20,28,32H,1-7H3. The molecule has 0 saturated heterocycles. The molecule has 1 unspecified atom stereocenters. The molecule has 6 nitrogen and oxygen atoms in total. The third-order valence-corrected chi connectivity index (χ3v) is 6.51. The molecule has 0 fully saturated rings. The Morgan fingerprint density at radius 2 is 1.35 bits per heavy atom. The largest absolute Gasteiger partial charge is 0.497 e. The average molecular weight is 501 g/mol. The van der Waals surface area contributed by atoms with Crippen molar-refractivity contribution in [2.45, 2.75) is 32.2 Å². The van der Waals surface area contributed by atoms with E-state index in [1.165, 1.54) is 5.56 Å². The van der Waals surface area contributed by atoms with Crippen LogP contribution < -0.4 is 29.4 Å². The van der Waals surface area contributed by atoms with Gasteiger partial charge >= 0.3 is 0 Å². The zero-order valence-corrected chi connectivity index (χ0v) is 22.7. The normalized spacial score (nSPS) is 15.4. The molecule has 0 aliphatic carbocycles. The Morgan fingerprint density at radius 1 is 0.730 bits per heavy atom. The second-order valence-electron chi connectivity index (χ2n) is 9.89. The fourth-order valence-corrected chi connectivity index (χ4v) is 4.38. The fraction of sp³-hybridized carbons (Fsp3) is 0.290. The molecule has 0 radical (unpaired) electrons. The minimum atomic E-state index is -0.127. The van der Waals surface area contributed by atoms with E-state index in [-0.39, 0.29) is 11.5 Å². The highest BCUT2D eigenvalue weighted by Gasteiger charge is 2.29. The van der Waals surface area contributed by atoms with Crippen LogP contribution in [0.3, 0.4) is 0 Å².